The Morgan fingerprint density at radius 1 is 0.947 bits per heavy atom. The predicted octanol–water partition coefficient (Wildman–Crippen LogP) is 4.45. The second-order valence-electron chi connectivity index (χ2n) is 6.54. The smallest absolute Gasteiger partial charge is 0.0420 e. The van der Waals surface area contributed by atoms with E-state index in [0.717, 1.165) is 12.8 Å². The minimum Gasteiger partial charge on any atom is -0.321 e. The van der Waals surface area contributed by atoms with Gasteiger partial charge in [-0.3, -0.25) is 0 Å². The average Bonchev–Trinajstić information content (AvgIpc) is 2.36. The average molecular weight is 253 g/mol. The first-order valence-electron chi connectivity index (χ1n) is 7.35. The van der Waals surface area contributed by atoms with Crippen molar-refractivity contribution in [3.05, 3.63) is 48.0 Å². The normalized spacial score (nSPS) is 31.5. The van der Waals surface area contributed by atoms with Crippen molar-refractivity contribution in [3.8, 4) is 0 Å². The van der Waals surface area contributed by atoms with Crippen LogP contribution in [-0.2, 0) is 5.54 Å². The van der Waals surface area contributed by atoms with Crippen LogP contribution in [0.2, 0.25) is 0 Å². The molecule has 1 nitrogen and oxygen atoms in total. The number of rotatable bonds is 1. The van der Waals surface area contributed by atoms with Crippen LogP contribution in [0.3, 0.4) is 0 Å². The Labute approximate surface area is 115 Å². The van der Waals surface area contributed by atoms with Crippen LogP contribution < -0.4 is 5.73 Å². The fraction of sp³-hybridized carbons (Fsp3) is 0.444. The van der Waals surface area contributed by atoms with Gasteiger partial charge in [-0.25, -0.2) is 0 Å². The number of hydrogen-bond acceptors (Lipinski definition) is 1. The molecule has 0 spiro atoms. The Morgan fingerprint density at radius 3 is 2.32 bits per heavy atom. The molecule has 100 valence electrons. The van der Waals surface area contributed by atoms with E-state index in [1.54, 1.807) is 0 Å². The van der Waals surface area contributed by atoms with E-state index in [0.29, 0.717) is 11.8 Å². The van der Waals surface area contributed by atoms with Gasteiger partial charge in [0.1, 0.15) is 0 Å². The minimum absolute atomic E-state index is 0.155. The summed E-state index contributed by atoms with van der Waals surface area (Å²) in [6.45, 7) is 4.67. The molecule has 2 unspecified atom stereocenters. The fourth-order valence-corrected chi connectivity index (χ4v) is 4.06. The van der Waals surface area contributed by atoms with Crippen molar-refractivity contribution in [1.82, 2.24) is 0 Å². The first-order chi connectivity index (χ1) is 9.08. The van der Waals surface area contributed by atoms with Gasteiger partial charge in [0, 0.05) is 5.54 Å². The van der Waals surface area contributed by atoms with E-state index in [1.807, 2.05) is 0 Å². The lowest BCUT2D eigenvalue weighted by atomic mass is 9.68. The highest BCUT2D eigenvalue weighted by Crippen LogP contribution is 2.42. The Hall–Kier alpha value is -1.34. The van der Waals surface area contributed by atoms with Gasteiger partial charge in [0.25, 0.3) is 0 Å². The zero-order valence-corrected chi connectivity index (χ0v) is 11.9. The molecule has 2 atom stereocenters. The lowest BCUT2D eigenvalue weighted by Crippen LogP contribution is -2.43. The van der Waals surface area contributed by atoms with Gasteiger partial charge in [-0.2, -0.15) is 0 Å². The summed E-state index contributed by atoms with van der Waals surface area (Å²) in [5, 5.41) is 2.63. The lowest BCUT2D eigenvalue weighted by Gasteiger charge is -2.41. The molecular formula is C18H23N. The highest BCUT2D eigenvalue weighted by molar-refractivity contribution is 5.86. The maximum atomic E-state index is 6.83. The van der Waals surface area contributed by atoms with E-state index < -0.39 is 0 Å². The van der Waals surface area contributed by atoms with E-state index in [-0.39, 0.29) is 5.54 Å². The van der Waals surface area contributed by atoms with Crippen LogP contribution >= 0.6 is 0 Å². The zero-order chi connectivity index (χ0) is 13.5. The molecule has 0 saturated heterocycles. The van der Waals surface area contributed by atoms with Crippen LogP contribution in [0.1, 0.15) is 38.7 Å². The summed E-state index contributed by atoms with van der Waals surface area (Å²) < 4.78 is 0. The molecule has 1 heteroatoms. The van der Waals surface area contributed by atoms with Gasteiger partial charge < -0.3 is 5.73 Å². The SMILES string of the molecule is CC1CC(C)CC(N)(c2cccc3ccccc23)C1. The molecule has 1 saturated carbocycles. The lowest BCUT2D eigenvalue weighted by molar-refractivity contribution is 0.185. The minimum atomic E-state index is -0.155. The molecule has 0 bridgehead atoms. The largest absolute Gasteiger partial charge is 0.321 e. The second kappa shape index (κ2) is 4.64. The van der Waals surface area contributed by atoms with Crippen LogP contribution in [0.15, 0.2) is 42.5 Å². The highest BCUT2D eigenvalue weighted by Gasteiger charge is 2.36. The van der Waals surface area contributed by atoms with Crippen molar-refractivity contribution in [2.45, 2.75) is 38.6 Å². The van der Waals surface area contributed by atoms with Crippen LogP contribution in [0.25, 0.3) is 10.8 Å². The molecule has 0 aromatic heterocycles. The second-order valence-corrected chi connectivity index (χ2v) is 6.54. The number of hydrogen-bond donors (Lipinski definition) is 1. The van der Waals surface area contributed by atoms with Gasteiger partial charge in [-0.05, 0) is 47.4 Å². The molecule has 2 aromatic carbocycles. The van der Waals surface area contributed by atoms with Crippen molar-refractivity contribution in [3.63, 3.8) is 0 Å². The monoisotopic (exact) mass is 253 g/mol. The number of fused-ring (bicyclic) bond motifs is 1. The maximum absolute atomic E-state index is 6.83. The van der Waals surface area contributed by atoms with Crippen LogP contribution in [-0.4, -0.2) is 0 Å². The Morgan fingerprint density at radius 2 is 1.58 bits per heavy atom. The standard InChI is InChI=1S/C18H23N/c1-13-10-14(2)12-18(19,11-13)17-9-5-7-15-6-3-4-8-16(15)17/h3-9,13-14H,10-12,19H2,1-2H3. The third kappa shape index (κ3) is 2.28. The van der Waals surface area contributed by atoms with Crippen molar-refractivity contribution >= 4 is 10.8 Å². The first-order valence-corrected chi connectivity index (χ1v) is 7.35. The van der Waals surface area contributed by atoms with Crippen molar-refractivity contribution < 1.29 is 0 Å². The fourth-order valence-electron chi connectivity index (χ4n) is 4.06. The number of benzene rings is 2. The number of nitrogens with two attached hydrogens (primary N) is 1. The summed E-state index contributed by atoms with van der Waals surface area (Å²) in [5.74, 6) is 1.43. The topological polar surface area (TPSA) is 26.0 Å². The first kappa shape index (κ1) is 12.7. The van der Waals surface area contributed by atoms with Gasteiger partial charge in [0.05, 0.1) is 0 Å². The summed E-state index contributed by atoms with van der Waals surface area (Å²) in [4.78, 5) is 0. The van der Waals surface area contributed by atoms with E-state index >= 15 is 0 Å². The van der Waals surface area contributed by atoms with Crippen LogP contribution in [0.5, 0.6) is 0 Å². The van der Waals surface area contributed by atoms with E-state index in [9.17, 15) is 0 Å². The summed E-state index contributed by atoms with van der Waals surface area (Å²) >= 11 is 0. The summed E-state index contributed by atoms with van der Waals surface area (Å²) in [6, 6.07) is 15.2. The molecule has 0 heterocycles. The Balaban J connectivity index is 2.12. The molecule has 0 radical (unpaired) electrons. The van der Waals surface area contributed by atoms with Gasteiger partial charge in [0.15, 0.2) is 0 Å². The third-order valence-corrected chi connectivity index (χ3v) is 4.56. The van der Waals surface area contributed by atoms with Crippen LogP contribution in [0.4, 0.5) is 0 Å². The molecule has 1 fully saturated rings. The molecule has 2 N–H and O–H groups in total. The summed E-state index contributed by atoms with van der Waals surface area (Å²) in [5.41, 5.74) is 8.01. The van der Waals surface area contributed by atoms with Crippen molar-refractivity contribution in [1.29, 1.82) is 0 Å². The zero-order valence-electron chi connectivity index (χ0n) is 11.9. The molecule has 2 aromatic rings. The molecule has 3 rings (SSSR count). The van der Waals surface area contributed by atoms with Gasteiger partial charge in [-0.15, -0.1) is 0 Å². The molecule has 19 heavy (non-hydrogen) atoms. The van der Waals surface area contributed by atoms with Gasteiger partial charge in [0.2, 0.25) is 0 Å². The molecular weight excluding hydrogens is 230 g/mol. The summed E-state index contributed by atoms with van der Waals surface area (Å²) in [7, 11) is 0. The van der Waals surface area contributed by atoms with Crippen molar-refractivity contribution in [2.75, 3.05) is 0 Å². The van der Waals surface area contributed by atoms with E-state index in [1.165, 1.54) is 22.8 Å². The summed E-state index contributed by atoms with van der Waals surface area (Å²) in [6.07, 6.45) is 3.51. The Kier molecular flexibility index (Phi) is 3.10. The quantitative estimate of drug-likeness (QED) is 0.798. The highest BCUT2D eigenvalue weighted by atomic mass is 14.8. The van der Waals surface area contributed by atoms with Crippen LogP contribution in [0, 0.1) is 11.8 Å². The molecule has 1 aliphatic carbocycles. The molecule has 0 amide bonds. The van der Waals surface area contributed by atoms with E-state index in [2.05, 4.69) is 56.3 Å². The maximum Gasteiger partial charge on any atom is 0.0420 e. The van der Waals surface area contributed by atoms with Gasteiger partial charge in [-0.1, -0.05) is 56.3 Å². The van der Waals surface area contributed by atoms with Crippen molar-refractivity contribution in [2.24, 2.45) is 17.6 Å². The third-order valence-electron chi connectivity index (χ3n) is 4.56. The molecule has 1 aliphatic rings. The Bertz CT molecular complexity index is 572. The molecule has 0 aliphatic heterocycles. The van der Waals surface area contributed by atoms with E-state index in [4.69, 9.17) is 5.73 Å². The predicted molar refractivity (Wildman–Crippen MR) is 82.0 cm³/mol. The van der Waals surface area contributed by atoms with Gasteiger partial charge >= 0.3 is 0 Å².